The van der Waals surface area contributed by atoms with Crippen LogP contribution in [0.25, 0.3) is 0 Å². The number of ether oxygens (including phenoxy) is 1. The molecule has 1 aliphatic heterocycles. The van der Waals surface area contributed by atoms with Crippen molar-refractivity contribution in [3.05, 3.63) is 29.8 Å². The number of hydrogen-bond donors (Lipinski definition) is 1. The van der Waals surface area contributed by atoms with E-state index in [1.807, 2.05) is 26.0 Å². The lowest BCUT2D eigenvalue weighted by Crippen LogP contribution is -2.51. The van der Waals surface area contributed by atoms with Crippen LogP contribution in [0, 0.1) is 17.2 Å². The molecule has 5 nitrogen and oxygen atoms in total. The Bertz CT molecular complexity index is 606. The molecule has 0 saturated carbocycles. The van der Waals surface area contributed by atoms with E-state index < -0.39 is 5.54 Å². The Labute approximate surface area is 144 Å². The Morgan fingerprint density at radius 1 is 1.46 bits per heavy atom. The number of hydrogen-bond acceptors (Lipinski definition) is 4. The minimum Gasteiger partial charge on any atom is -0.497 e. The number of carbonyl (C=O) groups excluding carboxylic acids is 1. The molecule has 130 valence electrons. The maximum absolute atomic E-state index is 12.3. The molecule has 0 bridgehead atoms. The van der Waals surface area contributed by atoms with Gasteiger partial charge in [-0.05, 0) is 49.4 Å². The number of rotatable bonds is 6. The van der Waals surface area contributed by atoms with Gasteiger partial charge in [-0.1, -0.05) is 26.0 Å². The third kappa shape index (κ3) is 4.27. The first-order valence-electron chi connectivity index (χ1n) is 8.46. The lowest BCUT2D eigenvalue weighted by atomic mass is 9.90. The van der Waals surface area contributed by atoms with E-state index in [-0.39, 0.29) is 11.8 Å². The van der Waals surface area contributed by atoms with Crippen molar-refractivity contribution in [1.82, 2.24) is 10.2 Å². The number of nitrogens with zero attached hydrogens (tertiary/aromatic N) is 2. The lowest BCUT2D eigenvalue weighted by molar-refractivity contribution is -0.123. The lowest BCUT2D eigenvalue weighted by Gasteiger charge is -2.28. The Balaban J connectivity index is 1.89. The van der Waals surface area contributed by atoms with Gasteiger partial charge in [-0.3, -0.25) is 9.69 Å². The first-order chi connectivity index (χ1) is 11.4. The number of likely N-dealkylation sites (tertiary alicyclic amines) is 1. The third-order valence-electron chi connectivity index (χ3n) is 5.01. The van der Waals surface area contributed by atoms with Crippen LogP contribution in [0.2, 0.25) is 0 Å². The molecule has 1 aliphatic rings. The number of nitriles is 1. The maximum Gasteiger partial charge on any atom is 0.235 e. The molecule has 1 aromatic carbocycles. The smallest absolute Gasteiger partial charge is 0.235 e. The van der Waals surface area contributed by atoms with Crippen LogP contribution in [-0.2, 0) is 4.79 Å². The van der Waals surface area contributed by atoms with Gasteiger partial charge in [0.05, 0.1) is 19.7 Å². The van der Waals surface area contributed by atoms with E-state index in [1.165, 1.54) is 5.56 Å². The fourth-order valence-electron chi connectivity index (χ4n) is 2.96. The van der Waals surface area contributed by atoms with E-state index in [0.29, 0.717) is 12.5 Å². The molecule has 1 heterocycles. The van der Waals surface area contributed by atoms with Crippen molar-refractivity contribution in [1.29, 1.82) is 5.26 Å². The summed E-state index contributed by atoms with van der Waals surface area (Å²) in [6.07, 6.45) is 1.04. The standard InChI is InChI=1S/C19H27N3O2/c1-14(2)19(3,13-20)21-18(23)12-22-10-9-16(11-22)15-5-7-17(24-4)8-6-15/h5-8,14,16H,9-12H2,1-4H3,(H,21,23)/t16-,19+/m1/s1. The minimum absolute atomic E-state index is 0.0667. The Morgan fingerprint density at radius 2 is 2.12 bits per heavy atom. The van der Waals surface area contributed by atoms with Crippen LogP contribution in [0.15, 0.2) is 24.3 Å². The Hall–Kier alpha value is -2.06. The normalized spacial score (nSPS) is 20.4. The van der Waals surface area contributed by atoms with Crippen LogP contribution in [-0.4, -0.2) is 43.1 Å². The van der Waals surface area contributed by atoms with E-state index >= 15 is 0 Å². The summed E-state index contributed by atoms with van der Waals surface area (Å²) in [5.41, 5.74) is 0.467. The van der Waals surface area contributed by atoms with Crippen molar-refractivity contribution in [2.24, 2.45) is 5.92 Å². The third-order valence-corrected chi connectivity index (χ3v) is 5.01. The zero-order valence-electron chi connectivity index (χ0n) is 15.0. The van der Waals surface area contributed by atoms with Gasteiger partial charge in [0.2, 0.25) is 5.91 Å². The molecule has 1 N–H and O–H groups in total. The fraction of sp³-hybridized carbons (Fsp3) is 0.579. The first kappa shape index (κ1) is 18.3. The minimum atomic E-state index is -0.813. The summed E-state index contributed by atoms with van der Waals surface area (Å²) in [6, 6.07) is 10.4. The van der Waals surface area contributed by atoms with Crippen LogP contribution < -0.4 is 10.1 Å². The van der Waals surface area contributed by atoms with Crippen LogP contribution in [0.3, 0.4) is 0 Å². The topological polar surface area (TPSA) is 65.4 Å². The summed E-state index contributed by atoms with van der Waals surface area (Å²) in [5, 5.41) is 12.2. The summed E-state index contributed by atoms with van der Waals surface area (Å²) in [4.78, 5) is 14.4. The van der Waals surface area contributed by atoms with Gasteiger partial charge in [-0.25, -0.2) is 0 Å². The fourth-order valence-corrected chi connectivity index (χ4v) is 2.96. The molecule has 24 heavy (non-hydrogen) atoms. The predicted molar refractivity (Wildman–Crippen MR) is 93.8 cm³/mol. The number of benzene rings is 1. The Morgan fingerprint density at radius 3 is 2.67 bits per heavy atom. The van der Waals surface area contributed by atoms with Crippen LogP contribution in [0.4, 0.5) is 0 Å². The van der Waals surface area contributed by atoms with E-state index in [2.05, 4.69) is 28.4 Å². The summed E-state index contributed by atoms with van der Waals surface area (Å²) >= 11 is 0. The molecule has 0 aliphatic carbocycles. The molecule has 0 unspecified atom stereocenters. The van der Waals surface area contributed by atoms with Gasteiger partial charge in [-0.2, -0.15) is 5.26 Å². The van der Waals surface area contributed by atoms with Crippen molar-refractivity contribution in [3.63, 3.8) is 0 Å². The molecule has 1 amide bonds. The molecule has 1 aromatic rings. The first-order valence-corrected chi connectivity index (χ1v) is 8.46. The molecule has 0 spiro atoms. The van der Waals surface area contributed by atoms with Gasteiger partial charge in [0.25, 0.3) is 0 Å². The van der Waals surface area contributed by atoms with Crippen molar-refractivity contribution < 1.29 is 9.53 Å². The SMILES string of the molecule is COc1ccc([C@@H]2CCN(CC(=O)N[C@@](C)(C#N)C(C)C)C2)cc1. The summed E-state index contributed by atoms with van der Waals surface area (Å²) < 4.78 is 5.19. The van der Waals surface area contributed by atoms with Gasteiger partial charge >= 0.3 is 0 Å². The van der Waals surface area contributed by atoms with Gasteiger partial charge in [-0.15, -0.1) is 0 Å². The highest BCUT2D eigenvalue weighted by molar-refractivity contribution is 5.79. The van der Waals surface area contributed by atoms with E-state index in [0.717, 1.165) is 25.3 Å². The zero-order valence-corrected chi connectivity index (χ0v) is 15.0. The Kier molecular flexibility index (Phi) is 5.84. The summed E-state index contributed by atoms with van der Waals surface area (Å²) in [5.74, 6) is 1.29. The maximum atomic E-state index is 12.3. The number of methoxy groups -OCH3 is 1. The molecule has 2 atom stereocenters. The van der Waals surface area contributed by atoms with Gasteiger partial charge in [0, 0.05) is 6.54 Å². The quantitative estimate of drug-likeness (QED) is 0.871. The molecule has 5 heteroatoms. The van der Waals surface area contributed by atoms with E-state index in [9.17, 15) is 10.1 Å². The molecular formula is C19H27N3O2. The monoisotopic (exact) mass is 329 g/mol. The highest BCUT2D eigenvalue weighted by Crippen LogP contribution is 2.28. The van der Waals surface area contributed by atoms with Crippen LogP contribution in [0.1, 0.15) is 38.7 Å². The molecule has 1 saturated heterocycles. The second-order valence-electron chi connectivity index (χ2n) is 7.01. The summed E-state index contributed by atoms with van der Waals surface area (Å²) in [7, 11) is 1.66. The second-order valence-corrected chi connectivity index (χ2v) is 7.01. The van der Waals surface area contributed by atoms with Crippen molar-refractivity contribution >= 4 is 5.91 Å². The van der Waals surface area contributed by atoms with E-state index in [4.69, 9.17) is 4.74 Å². The van der Waals surface area contributed by atoms with Crippen LogP contribution >= 0.6 is 0 Å². The molecule has 2 rings (SSSR count). The van der Waals surface area contributed by atoms with Crippen molar-refractivity contribution in [3.8, 4) is 11.8 Å². The van der Waals surface area contributed by atoms with Crippen molar-refractivity contribution in [2.75, 3.05) is 26.7 Å². The summed E-state index contributed by atoms with van der Waals surface area (Å²) in [6.45, 7) is 7.77. The van der Waals surface area contributed by atoms with Crippen molar-refractivity contribution in [2.45, 2.75) is 38.6 Å². The van der Waals surface area contributed by atoms with Gasteiger partial charge in [0.1, 0.15) is 11.3 Å². The second kappa shape index (κ2) is 7.67. The zero-order chi connectivity index (χ0) is 17.7. The average Bonchev–Trinajstić information content (AvgIpc) is 3.02. The number of carbonyl (C=O) groups is 1. The number of nitrogens with one attached hydrogen (secondary N) is 1. The van der Waals surface area contributed by atoms with E-state index in [1.54, 1.807) is 14.0 Å². The largest absolute Gasteiger partial charge is 0.497 e. The number of amides is 1. The highest BCUT2D eigenvalue weighted by atomic mass is 16.5. The van der Waals surface area contributed by atoms with Crippen LogP contribution in [0.5, 0.6) is 5.75 Å². The predicted octanol–water partition coefficient (Wildman–Crippen LogP) is 2.54. The highest BCUT2D eigenvalue weighted by Gasteiger charge is 2.31. The average molecular weight is 329 g/mol. The molecule has 0 aromatic heterocycles. The molecular weight excluding hydrogens is 302 g/mol. The molecule has 1 fully saturated rings. The van der Waals surface area contributed by atoms with Gasteiger partial charge in [0.15, 0.2) is 0 Å². The molecule has 0 radical (unpaired) electrons. The van der Waals surface area contributed by atoms with Gasteiger partial charge < -0.3 is 10.1 Å².